The summed E-state index contributed by atoms with van der Waals surface area (Å²) < 4.78 is 31.5. The normalized spacial score (nSPS) is 10.2. The van der Waals surface area contributed by atoms with Crippen LogP contribution in [0.15, 0.2) is 36.4 Å². The highest BCUT2D eigenvalue weighted by Crippen LogP contribution is 2.31. The van der Waals surface area contributed by atoms with Crippen LogP contribution in [0.5, 0.6) is 11.5 Å². The van der Waals surface area contributed by atoms with Crippen molar-refractivity contribution in [2.24, 2.45) is 0 Å². The van der Waals surface area contributed by atoms with Gasteiger partial charge in [-0.25, -0.2) is 9.18 Å². The molecule has 0 heterocycles. The van der Waals surface area contributed by atoms with Crippen molar-refractivity contribution >= 4 is 11.7 Å². The summed E-state index contributed by atoms with van der Waals surface area (Å²) in [5, 5.41) is 19.7. The lowest BCUT2D eigenvalue weighted by Gasteiger charge is -2.09. The van der Waals surface area contributed by atoms with Crippen molar-refractivity contribution in [1.82, 2.24) is 0 Å². The molecule has 2 rings (SSSR count). The van der Waals surface area contributed by atoms with E-state index in [1.165, 1.54) is 0 Å². The summed E-state index contributed by atoms with van der Waals surface area (Å²) >= 11 is 0. The van der Waals surface area contributed by atoms with Crippen molar-refractivity contribution in [1.29, 1.82) is 0 Å². The maximum absolute atomic E-state index is 13.5. The van der Waals surface area contributed by atoms with Crippen LogP contribution in [0, 0.1) is 21.7 Å². The first-order chi connectivity index (χ1) is 9.90. The van der Waals surface area contributed by atoms with E-state index in [0.29, 0.717) is 0 Å². The number of hydrogen-bond acceptors (Lipinski definition) is 4. The fourth-order valence-corrected chi connectivity index (χ4v) is 1.57. The zero-order chi connectivity index (χ0) is 15.6. The van der Waals surface area contributed by atoms with Crippen LogP contribution in [0.25, 0.3) is 0 Å². The van der Waals surface area contributed by atoms with Crippen LogP contribution in [-0.2, 0) is 0 Å². The number of nitro benzene ring substituents is 1. The summed E-state index contributed by atoms with van der Waals surface area (Å²) in [5.41, 5.74) is -0.851. The average Bonchev–Trinajstić information content (AvgIpc) is 2.43. The van der Waals surface area contributed by atoms with Gasteiger partial charge in [0.05, 0.1) is 11.0 Å². The smallest absolute Gasteiger partial charge is 0.339 e. The van der Waals surface area contributed by atoms with Crippen molar-refractivity contribution in [3.05, 3.63) is 63.7 Å². The summed E-state index contributed by atoms with van der Waals surface area (Å²) in [6, 6.07) is 5.83. The Kier molecular flexibility index (Phi) is 3.79. The lowest BCUT2D eigenvalue weighted by atomic mass is 10.2. The maximum atomic E-state index is 13.5. The second-order valence-corrected chi connectivity index (χ2v) is 3.90. The van der Waals surface area contributed by atoms with E-state index in [1.807, 2.05) is 0 Å². The Balaban J connectivity index is 2.51. The Morgan fingerprint density at radius 1 is 1.19 bits per heavy atom. The minimum Gasteiger partial charge on any atom is -0.478 e. The van der Waals surface area contributed by atoms with Gasteiger partial charge < -0.3 is 9.84 Å². The summed E-state index contributed by atoms with van der Waals surface area (Å²) in [6.45, 7) is 0. The van der Waals surface area contributed by atoms with Gasteiger partial charge in [-0.2, -0.15) is 4.39 Å². The molecule has 0 unspecified atom stereocenters. The number of ether oxygens (including phenoxy) is 1. The molecular formula is C13H7F2NO5. The fraction of sp³-hybridized carbons (Fsp3) is 0. The van der Waals surface area contributed by atoms with Gasteiger partial charge >= 0.3 is 5.97 Å². The van der Waals surface area contributed by atoms with Crippen LogP contribution in [0.3, 0.4) is 0 Å². The van der Waals surface area contributed by atoms with Gasteiger partial charge in [0.1, 0.15) is 11.3 Å². The van der Waals surface area contributed by atoms with E-state index in [2.05, 4.69) is 0 Å². The molecule has 0 saturated carbocycles. The zero-order valence-electron chi connectivity index (χ0n) is 10.2. The Hall–Kier alpha value is -3.03. The summed E-state index contributed by atoms with van der Waals surface area (Å²) in [7, 11) is 0. The Morgan fingerprint density at radius 2 is 1.90 bits per heavy atom. The lowest BCUT2D eigenvalue weighted by molar-refractivity contribution is -0.384. The zero-order valence-corrected chi connectivity index (χ0v) is 10.2. The molecule has 0 aliphatic heterocycles. The molecule has 1 N–H and O–H groups in total. The predicted molar refractivity (Wildman–Crippen MR) is 66.5 cm³/mol. The number of carboxylic acids is 1. The van der Waals surface area contributed by atoms with E-state index in [4.69, 9.17) is 9.84 Å². The van der Waals surface area contributed by atoms with Crippen molar-refractivity contribution in [2.75, 3.05) is 0 Å². The minimum atomic E-state index is -1.42. The molecule has 0 radical (unpaired) electrons. The average molecular weight is 295 g/mol. The third-order valence-corrected chi connectivity index (χ3v) is 2.54. The van der Waals surface area contributed by atoms with Crippen molar-refractivity contribution in [2.45, 2.75) is 0 Å². The highest BCUT2D eigenvalue weighted by Gasteiger charge is 2.19. The SMILES string of the molecule is O=C(O)c1ccc([N+](=O)[O-])cc1Oc1cccc(F)c1F. The molecule has 0 fully saturated rings. The second-order valence-electron chi connectivity index (χ2n) is 3.90. The molecular weight excluding hydrogens is 288 g/mol. The molecule has 2 aromatic carbocycles. The van der Waals surface area contributed by atoms with Gasteiger partial charge in [-0.15, -0.1) is 0 Å². The number of rotatable bonds is 4. The highest BCUT2D eigenvalue weighted by atomic mass is 19.2. The molecule has 0 bridgehead atoms. The monoisotopic (exact) mass is 295 g/mol. The van der Waals surface area contributed by atoms with Crippen molar-refractivity contribution < 1.29 is 28.3 Å². The second kappa shape index (κ2) is 5.53. The van der Waals surface area contributed by atoms with E-state index >= 15 is 0 Å². The van der Waals surface area contributed by atoms with Crippen LogP contribution in [-0.4, -0.2) is 16.0 Å². The summed E-state index contributed by atoms with van der Waals surface area (Å²) in [5.74, 6) is -4.95. The molecule has 6 nitrogen and oxygen atoms in total. The van der Waals surface area contributed by atoms with E-state index in [-0.39, 0.29) is 0 Å². The number of nitro groups is 1. The van der Waals surface area contributed by atoms with Crippen LogP contribution < -0.4 is 4.74 Å². The Morgan fingerprint density at radius 3 is 2.52 bits per heavy atom. The van der Waals surface area contributed by atoms with Gasteiger partial charge in [0, 0.05) is 6.07 Å². The molecule has 0 amide bonds. The van der Waals surface area contributed by atoms with Gasteiger partial charge in [-0.1, -0.05) is 6.07 Å². The maximum Gasteiger partial charge on any atom is 0.339 e. The first-order valence-corrected chi connectivity index (χ1v) is 5.53. The van der Waals surface area contributed by atoms with Gasteiger partial charge in [0.25, 0.3) is 5.69 Å². The number of aromatic carboxylic acids is 1. The molecule has 0 aliphatic carbocycles. The van der Waals surface area contributed by atoms with E-state index in [1.54, 1.807) is 0 Å². The lowest BCUT2D eigenvalue weighted by Crippen LogP contribution is -2.02. The topological polar surface area (TPSA) is 89.7 Å². The molecule has 0 aliphatic rings. The molecule has 8 heteroatoms. The van der Waals surface area contributed by atoms with Gasteiger partial charge in [-0.05, 0) is 18.2 Å². The number of halogens is 2. The number of nitrogens with zero attached hydrogens (tertiary/aromatic N) is 1. The van der Waals surface area contributed by atoms with Crippen LogP contribution in [0.1, 0.15) is 10.4 Å². The van der Waals surface area contributed by atoms with Crippen molar-refractivity contribution in [3.8, 4) is 11.5 Å². The van der Waals surface area contributed by atoms with E-state index < -0.39 is 45.3 Å². The van der Waals surface area contributed by atoms with Gasteiger partial charge in [-0.3, -0.25) is 10.1 Å². The largest absolute Gasteiger partial charge is 0.478 e. The van der Waals surface area contributed by atoms with Gasteiger partial charge in [0.2, 0.25) is 5.82 Å². The molecule has 21 heavy (non-hydrogen) atoms. The third-order valence-electron chi connectivity index (χ3n) is 2.54. The van der Waals surface area contributed by atoms with Crippen LogP contribution in [0.4, 0.5) is 14.5 Å². The van der Waals surface area contributed by atoms with Crippen LogP contribution in [0.2, 0.25) is 0 Å². The molecule has 0 atom stereocenters. The van der Waals surface area contributed by atoms with Crippen LogP contribution >= 0.6 is 0 Å². The Bertz CT molecular complexity index is 732. The number of carbonyl (C=O) groups is 1. The molecule has 0 aromatic heterocycles. The minimum absolute atomic E-state index is 0.413. The first-order valence-electron chi connectivity index (χ1n) is 5.53. The molecule has 0 saturated heterocycles. The third kappa shape index (κ3) is 2.94. The summed E-state index contributed by atoms with van der Waals surface area (Å²) in [4.78, 5) is 20.9. The predicted octanol–water partition coefficient (Wildman–Crippen LogP) is 3.36. The van der Waals surface area contributed by atoms with E-state index in [0.717, 1.165) is 36.4 Å². The number of carboxylic acid groups (broad SMARTS) is 1. The first kappa shape index (κ1) is 14.4. The van der Waals surface area contributed by atoms with E-state index in [9.17, 15) is 23.7 Å². The van der Waals surface area contributed by atoms with Crippen molar-refractivity contribution in [3.63, 3.8) is 0 Å². The highest BCUT2D eigenvalue weighted by molar-refractivity contribution is 5.91. The summed E-state index contributed by atoms with van der Waals surface area (Å²) in [6.07, 6.45) is 0. The number of non-ortho nitro benzene ring substituents is 1. The molecule has 2 aromatic rings. The molecule has 108 valence electrons. The molecule has 0 spiro atoms. The number of benzene rings is 2. The van der Waals surface area contributed by atoms with Gasteiger partial charge in [0.15, 0.2) is 11.6 Å². The number of hydrogen-bond donors (Lipinski definition) is 1. The standard InChI is InChI=1S/C13H7F2NO5/c14-9-2-1-3-10(12(9)15)21-11-6-7(16(19)20)4-5-8(11)13(17)18/h1-6H,(H,17,18). The quantitative estimate of drug-likeness (QED) is 0.690. The Labute approximate surface area is 116 Å². The fourth-order valence-electron chi connectivity index (χ4n) is 1.57.